The van der Waals surface area contributed by atoms with Gasteiger partial charge in [0.2, 0.25) is 5.95 Å². The summed E-state index contributed by atoms with van der Waals surface area (Å²) in [5.74, 6) is -0.108. The normalized spacial score (nSPS) is 11.5. The number of alkyl halides is 3. The Morgan fingerprint density at radius 3 is 2.76 bits per heavy atom. The first-order chi connectivity index (χ1) is 8.05. The van der Waals surface area contributed by atoms with Gasteiger partial charge in [0.25, 0.3) is 0 Å². The van der Waals surface area contributed by atoms with Gasteiger partial charge in [-0.2, -0.15) is 13.2 Å². The summed E-state index contributed by atoms with van der Waals surface area (Å²) in [7, 11) is 0. The maximum Gasteiger partial charge on any atom is 0.433 e. The molecule has 8 heteroatoms. The first-order valence-corrected chi connectivity index (χ1v) is 4.59. The Bertz CT molecular complexity index is 483. The molecule has 0 bridgehead atoms. The van der Waals surface area contributed by atoms with Crippen LogP contribution in [0.1, 0.15) is 11.4 Å². The minimum absolute atomic E-state index is 0.108. The van der Waals surface area contributed by atoms with Gasteiger partial charge >= 0.3 is 6.18 Å². The van der Waals surface area contributed by atoms with E-state index in [0.29, 0.717) is 5.69 Å². The standard InChI is InChI=1S/C9H7F3N4O/c10-9(11,12)7-1-3-13-8(15-7)14-5-6-2-4-17-16-6/h1-4H,5H2,(H,13,14,15). The highest BCUT2D eigenvalue weighted by atomic mass is 19.4. The molecule has 17 heavy (non-hydrogen) atoms. The fourth-order valence-corrected chi connectivity index (χ4v) is 1.10. The molecule has 0 saturated carbocycles. The number of rotatable bonds is 3. The minimum Gasteiger partial charge on any atom is -0.364 e. The van der Waals surface area contributed by atoms with Gasteiger partial charge in [-0.15, -0.1) is 0 Å². The highest BCUT2D eigenvalue weighted by Crippen LogP contribution is 2.27. The minimum atomic E-state index is -4.48. The van der Waals surface area contributed by atoms with Crippen molar-refractivity contribution in [1.29, 1.82) is 0 Å². The average molecular weight is 244 g/mol. The highest BCUT2D eigenvalue weighted by molar-refractivity contribution is 5.26. The summed E-state index contributed by atoms with van der Waals surface area (Å²) >= 11 is 0. The number of halogens is 3. The van der Waals surface area contributed by atoms with Crippen molar-refractivity contribution in [2.24, 2.45) is 0 Å². The third-order valence-electron chi connectivity index (χ3n) is 1.86. The van der Waals surface area contributed by atoms with Crippen molar-refractivity contribution in [3.63, 3.8) is 0 Å². The van der Waals surface area contributed by atoms with Gasteiger partial charge in [0.1, 0.15) is 17.7 Å². The first kappa shape index (κ1) is 11.4. The third kappa shape index (κ3) is 2.92. The van der Waals surface area contributed by atoms with Gasteiger partial charge < -0.3 is 9.84 Å². The summed E-state index contributed by atoms with van der Waals surface area (Å²) in [6.45, 7) is 0.192. The van der Waals surface area contributed by atoms with E-state index in [4.69, 9.17) is 0 Å². The largest absolute Gasteiger partial charge is 0.433 e. The lowest BCUT2D eigenvalue weighted by Gasteiger charge is -2.07. The van der Waals surface area contributed by atoms with Crippen molar-refractivity contribution in [3.05, 3.63) is 36.0 Å². The van der Waals surface area contributed by atoms with Crippen molar-refractivity contribution in [3.8, 4) is 0 Å². The summed E-state index contributed by atoms with van der Waals surface area (Å²) in [4.78, 5) is 7.01. The van der Waals surface area contributed by atoms with Gasteiger partial charge in [0, 0.05) is 12.3 Å². The lowest BCUT2D eigenvalue weighted by atomic mass is 10.4. The second-order valence-corrected chi connectivity index (χ2v) is 3.11. The number of anilines is 1. The zero-order valence-corrected chi connectivity index (χ0v) is 8.40. The molecule has 0 aliphatic rings. The molecule has 0 aliphatic heterocycles. The molecular formula is C9H7F3N4O. The summed E-state index contributed by atoms with van der Waals surface area (Å²) in [6, 6.07) is 2.39. The quantitative estimate of drug-likeness (QED) is 0.895. The van der Waals surface area contributed by atoms with Crippen LogP contribution >= 0.6 is 0 Å². The van der Waals surface area contributed by atoms with Crippen LogP contribution in [-0.2, 0) is 12.7 Å². The predicted octanol–water partition coefficient (Wildman–Crippen LogP) is 2.10. The third-order valence-corrected chi connectivity index (χ3v) is 1.86. The van der Waals surface area contributed by atoms with E-state index in [1.165, 1.54) is 6.26 Å². The van der Waals surface area contributed by atoms with Crippen LogP contribution in [-0.4, -0.2) is 15.1 Å². The zero-order valence-electron chi connectivity index (χ0n) is 8.40. The van der Waals surface area contributed by atoms with E-state index < -0.39 is 11.9 Å². The van der Waals surface area contributed by atoms with E-state index in [1.54, 1.807) is 6.07 Å². The van der Waals surface area contributed by atoms with Crippen LogP contribution in [0.25, 0.3) is 0 Å². The van der Waals surface area contributed by atoms with Gasteiger partial charge in [-0.25, -0.2) is 9.97 Å². The van der Waals surface area contributed by atoms with E-state index in [2.05, 4.69) is 25.0 Å². The van der Waals surface area contributed by atoms with Crippen LogP contribution in [0, 0.1) is 0 Å². The molecule has 90 valence electrons. The van der Waals surface area contributed by atoms with E-state index in [0.717, 1.165) is 12.3 Å². The number of hydrogen-bond donors (Lipinski definition) is 1. The van der Waals surface area contributed by atoms with Crippen LogP contribution in [0.3, 0.4) is 0 Å². The van der Waals surface area contributed by atoms with Crippen LogP contribution in [0.15, 0.2) is 29.1 Å². The molecule has 0 fully saturated rings. The van der Waals surface area contributed by atoms with Crippen LogP contribution in [0.2, 0.25) is 0 Å². The van der Waals surface area contributed by atoms with E-state index in [1.807, 2.05) is 0 Å². The molecule has 5 nitrogen and oxygen atoms in total. The molecule has 0 aromatic carbocycles. The SMILES string of the molecule is FC(F)(F)c1ccnc(NCc2ccon2)n1. The Morgan fingerprint density at radius 2 is 2.12 bits per heavy atom. The lowest BCUT2D eigenvalue weighted by molar-refractivity contribution is -0.141. The van der Waals surface area contributed by atoms with Crippen molar-refractivity contribution in [2.75, 3.05) is 5.32 Å². The number of nitrogens with one attached hydrogen (secondary N) is 1. The van der Waals surface area contributed by atoms with Gasteiger partial charge in [0.15, 0.2) is 0 Å². The molecular weight excluding hydrogens is 237 g/mol. The molecule has 2 aromatic heterocycles. The van der Waals surface area contributed by atoms with Gasteiger partial charge in [-0.1, -0.05) is 5.16 Å². The molecule has 0 amide bonds. The molecule has 0 spiro atoms. The Morgan fingerprint density at radius 1 is 1.29 bits per heavy atom. The van der Waals surface area contributed by atoms with E-state index >= 15 is 0 Å². The summed E-state index contributed by atoms with van der Waals surface area (Å²) in [5, 5.41) is 6.20. The van der Waals surface area contributed by atoms with Gasteiger partial charge in [0.05, 0.1) is 6.54 Å². The maximum atomic E-state index is 12.3. The number of nitrogens with zero attached hydrogens (tertiary/aromatic N) is 3. The van der Waals surface area contributed by atoms with Crippen molar-refractivity contribution in [1.82, 2.24) is 15.1 Å². The molecule has 1 N–H and O–H groups in total. The molecule has 2 rings (SSSR count). The zero-order chi connectivity index (χ0) is 12.3. The summed E-state index contributed by atoms with van der Waals surface area (Å²) in [6.07, 6.45) is -2.07. The second-order valence-electron chi connectivity index (χ2n) is 3.11. The van der Waals surface area contributed by atoms with Crippen LogP contribution in [0.5, 0.6) is 0 Å². The van der Waals surface area contributed by atoms with Crippen LogP contribution in [0.4, 0.5) is 19.1 Å². The molecule has 0 atom stereocenters. The van der Waals surface area contributed by atoms with Gasteiger partial charge in [-0.3, -0.25) is 0 Å². The maximum absolute atomic E-state index is 12.3. The molecule has 0 radical (unpaired) electrons. The summed E-state index contributed by atoms with van der Waals surface area (Å²) in [5.41, 5.74) is -0.443. The smallest absolute Gasteiger partial charge is 0.364 e. The van der Waals surface area contributed by atoms with Gasteiger partial charge in [-0.05, 0) is 6.07 Å². The highest BCUT2D eigenvalue weighted by Gasteiger charge is 2.32. The summed E-state index contributed by atoms with van der Waals surface area (Å²) < 4.78 is 41.6. The van der Waals surface area contributed by atoms with E-state index in [-0.39, 0.29) is 12.5 Å². The second kappa shape index (κ2) is 4.40. The Kier molecular flexibility index (Phi) is 2.94. The monoisotopic (exact) mass is 244 g/mol. The molecule has 0 unspecified atom stereocenters. The first-order valence-electron chi connectivity index (χ1n) is 4.59. The Hall–Kier alpha value is -2.12. The van der Waals surface area contributed by atoms with Crippen LogP contribution < -0.4 is 5.32 Å². The molecule has 0 aliphatic carbocycles. The lowest BCUT2D eigenvalue weighted by Crippen LogP contribution is -2.11. The van der Waals surface area contributed by atoms with E-state index in [9.17, 15) is 13.2 Å². The Labute approximate surface area is 93.7 Å². The molecule has 2 heterocycles. The van der Waals surface area contributed by atoms with Crippen molar-refractivity contribution < 1.29 is 17.7 Å². The fraction of sp³-hybridized carbons (Fsp3) is 0.222. The molecule has 0 saturated heterocycles. The van der Waals surface area contributed by atoms with Crippen molar-refractivity contribution >= 4 is 5.95 Å². The average Bonchev–Trinajstić information content (AvgIpc) is 2.78. The number of aromatic nitrogens is 3. The molecule has 2 aromatic rings. The topological polar surface area (TPSA) is 63.8 Å². The number of hydrogen-bond acceptors (Lipinski definition) is 5. The Balaban J connectivity index is 2.07. The fourth-order valence-electron chi connectivity index (χ4n) is 1.10. The van der Waals surface area contributed by atoms with Crippen molar-refractivity contribution in [2.45, 2.75) is 12.7 Å². The predicted molar refractivity (Wildman–Crippen MR) is 50.9 cm³/mol.